The Balaban J connectivity index is 1.44. The highest BCUT2D eigenvalue weighted by Crippen LogP contribution is 2.40. The summed E-state index contributed by atoms with van der Waals surface area (Å²) in [6.45, 7) is 5.43. The molecule has 0 amide bonds. The van der Waals surface area contributed by atoms with Crippen molar-refractivity contribution in [3.05, 3.63) is 41.4 Å². The second kappa shape index (κ2) is 12.3. The van der Waals surface area contributed by atoms with Gasteiger partial charge in [0.1, 0.15) is 21.3 Å². The highest BCUT2D eigenvalue weighted by Gasteiger charge is 2.36. The smallest absolute Gasteiger partial charge is 0.246 e. The van der Waals surface area contributed by atoms with E-state index in [0.717, 1.165) is 40.9 Å². The number of ether oxygens (including phenoxy) is 2. The van der Waals surface area contributed by atoms with Gasteiger partial charge in [-0.2, -0.15) is 8.61 Å². The first kappa shape index (κ1) is 29.2. The fourth-order valence-electron chi connectivity index (χ4n) is 5.43. The fourth-order valence-corrected chi connectivity index (χ4v) is 9.81. The molecule has 1 aromatic heterocycles. The molecule has 12 heteroatoms. The summed E-state index contributed by atoms with van der Waals surface area (Å²) in [7, 11) is -7.88. The minimum atomic E-state index is -3.98. The number of hydrogen-bond acceptors (Lipinski definition) is 8. The zero-order chi connectivity index (χ0) is 28.3. The van der Waals surface area contributed by atoms with Crippen LogP contribution in [0.5, 0.6) is 11.5 Å². The molecule has 2 aromatic carbocycles. The van der Waals surface area contributed by atoms with E-state index in [9.17, 15) is 16.8 Å². The normalized spacial score (nSPS) is 18.6. The molecule has 3 aromatic rings. The van der Waals surface area contributed by atoms with Gasteiger partial charge in [0.2, 0.25) is 20.0 Å². The average molecular weight is 608 g/mol. The molecule has 0 radical (unpaired) electrons. The number of nitrogens with zero attached hydrogens (tertiary/aromatic N) is 3. The maximum atomic E-state index is 13.9. The standard InChI is InChI=1S/C28H37N3O6S3/c1-3-36-23-20-27(24(37-4-2)19-26(23)39(32,33)30-15-9-5-6-10-16-30)40(34,35)31-17-13-21(14-18-31)28-29-22-11-7-8-12-25(22)38-28/h7-8,11-12,19-21H,3-6,9-10,13-18H2,1-2H3. The first-order valence-electron chi connectivity index (χ1n) is 14.0. The van der Waals surface area contributed by atoms with E-state index < -0.39 is 20.0 Å². The Morgan fingerprint density at radius 2 is 1.32 bits per heavy atom. The minimum absolute atomic E-state index is 0.0349. The molecule has 2 aliphatic heterocycles. The molecule has 40 heavy (non-hydrogen) atoms. The summed E-state index contributed by atoms with van der Waals surface area (Å²) >= 11 is 1.67. The summed E-state index contributed by atoms with van der Waals surface area (Å²) in [6.07, 6.45) is 4.87. The molecule has 0 spiro atoms. The number of sulfonamides is 2. The zero-order valence-corrected chi connectivity index (χ0v) is 25.5. The number of fused-ring (bicyclic) bond motifs is 1. The van der Waals surface area contributed by atoms with Crippen molar-refractivity contribution in [1.29, 1.82) is 0 Å². The molecule has 218 valence electrons. The van der Waals surface area contributed by atoms with Crippen LogP contribution in [0, 0.1) is 0 Å². The predicted octanol–water partition coefficient (Wildman–Crippen LogP) is 5.23. The summed E-state index contributed by atoms with van der Waals surface area (Å²) in [6, 6.07) is 10.7. The third-order valence-electron chi connectivity index (χ3n) is 7.52. The molecular formula is C28H37N3O6S3. The average Bonchev–Trinajstić information content (AvgIpc) is 3.19. The van der Waals surface area contributed by atoms with Gasteiger partial charge in [0.15, 0.2) is 0 Å². The van der Waals surface area contributed by atoms with Gasteiger partial charge in [-0.05, 0) is 51.7 Å². The molecule has 2 fully saturated rings. The highest BCUT2D eigenvalue weighted by molar-refractivity contribution is 7.89. The van der Waals surface area contributed by atoms with Crippen LogP contribution in [0.2, 0.25) is 0 Å². The van der Waals surface area contributed by atoms with Gasteiger partial charge in [0, 0.05) is 44.2 Å². The first-order chi connectivity index (χ1) is 19.3. The van der Waals surface area contributed by atoms with Gasteiger partial charge < -0.3 is 9.47 Å². The molecule has 9 nitrogen and oxygen atoms in total. The molecule has 0 N–H and O–H groups in total. The summed E-state index contributed by atoms with van der Waals surface area (Å²) in [5, 5.41) is 1.04. The van der Waals surface area contributed by atoms with Gasteiger partial charge in [0.05, 0.1) is 28.4 Å². The van der Waals surface area contributed by atoms with Crippen molar-refractivity contribution in [2.24, 2.45) is 0 Å². The van der Waals surface area contributed by atoms with Crippen molar-refractivity contribution in [3.8, 4) is 11.5 Å². The maximum absolute atomic E-state index is 13.9. The Morgan fingerprint density at radius 1 is 0.800 bits per heavy atom. The van der Waals surface area contributed by atoms with Crippen LogP contribution in [0.3, 0.4) is 0 Å². The van der Waals surface area contributed by atoms with E-state index in [4.69, 9.17) is 14.5 Å². The van der Waals surface area contributed by atoms with Crippen LogP contribution in [0.15, 0.2) is 46.2 Å². The van der Waals surface area contributed by atoms with Crippen LogP contribution in [-0.2, 0) is 20.0 Å². The number of rotatable bonds is 9. The molecule has 3 heterocycles. The van der Waals surface area contributed by atoms with Crippen LogP contribution in [0.25, 0.3) is 10.2 Å². The number of aromatic nitrogens is 1. The lowest BCUT2D eigenvalue weighted by Crippen LogP contribution is -2.38. The molecule has 0 bridgehead atoms. The molecular weight excluding hydrogens is 571 g/mol. The topological polar surface area (TPSA) is 106 Å². The van der Waals surface area contributed by atoms with E-state index >= 15 is 0 Å². The zero-order valence-electron chi connectivity index (χ0n) is 23.0. The van der Waals surface area contributed by atoms with Gasteiger partial charge in [-0.25, -0.2) is 21.8 Å². The number of piperidine rings is 1. The number of para-hydroxylation sites is 1. The maximum Gasteiger partial charge on any atom is 0.246 e. The second-order valence-electron chi connectivity index (χ2n) is 10.1. The fraction of sp³-hybridized carbons (Fsp3) is 0.536. The lowest BCUT2D eigenvalue weighted by atomic mass is 9.99. The molecule has 5 rings (SSSR count). The van der Waals surface area contributed by atoms with Crippen molar-refractivity contribution in [2.75, 3.05) is 39.4 Å². The first-order valence-corrected chi connectivity index (χ1v) is 17.7. The van der Waals surface area contributed by atoms with Crippen molar-refractivity contribution >= 4 is 41.6 Å². The molecule has 2 saturated heterocycles. The monoisotopic (exact) mass is 607 g/mol. The van der Waals surface area contributed by atoms with Crippen molar-refractivity contribution in [2.45, 2.75) is 68.1 Å². The van der Waals surface area contributed by atoms with E-state index in [1.165, 1.54) is 20.7 Å². The second-order valence-corrected chi connectivity index (χ2v) is 15.0. The number of benzene rings is 2. The Kier molecular flexibility index (Phi) is 9.01. The van der Waals surface area contributed by atoms with E-state index in [2.05, 4.69) is 6.07 Å². The molecule has 0 aliphatic carbocycles. The quantitative estimate of drug-likeness (QED) is 0.328. The number of hydrogen-bond donors (Lipinski definition) is 0. The van der Waals surface area contributed by atoms with Crippen molar-refractivity contribution in [1.82, 2.24) is 13.6 Å². The Morgan fingerprint density at radius 3 is 1.85 bits per heavy atom. The Labute approximate surface area is 241 Å². The van der Waals surface area contributed by atoms with Gasteiger partial charge in [-0.1, -0.05) is 25.0 Å². The van der Waals surface area contributed by atoms with Crippen LogP contribution in [0.4, 0.5) is 0 Å². The number of thiazole rings is 1. The van der Waals surface area contributed by atoms with E-state index in [0.29, 0.717) is 39.0 Å². The largest absolute Gasteiger partial charge is 0.492 e. The van der Waals surface area contributed by atoms with Crippen LogP contribution < -0.4 is 9.47 Å². The lowest BCUT2D eigenvalue weighted by molar-refractivity contribution is 0.303. The molecule has 2 aliphatic rings. The van der Waals surface area contributed by atoms with Gasteiger partial charge in [-0.15, -0.1) is 11.3 Å². The molecule has 0 atom stereocenters. The SMILES string of the molecule is CCOc1cc(S(=O)(=O)N2CCC(c3nc4ccccc4s3)CC2)c(OCC)cc1S(=O)(=O)N1CCCCCC1. The van der Waals surface area contributed by atoms with Crippen LogP contribution >= 0.6 is 11.3 Å². The van der Waals surface area contributed by atoms with E-state index in [-0.39, 0.29) is 40.4 Å². The van der Waals surface area contributed by atoms with Crippen molar-refractivity contribution < 1.29 is 26.3 Å². The predicted molar refractivity (Wildman–Crippen MR) is 156 cm³/mol. The van der Waals surface area contributed by atoms with E-state index in [1.807, 2.05) is 18.2 Å². The van der Waals surface area contributed by atoms with E-state index in [1.54, 1.807) is 25.2 Å². The van der Waals surface area contributed by atoms with Crippen LogP contribution in [0.1, 0.15) is 63.3 Å². The molecule has 0 saturated carbocycles. The lowest BCUT2D eigenvalue weighted by Gasteiger charge is -2.31. The third-order valence-corrected chi connectivity index (χ3v) is 12.6. The van der Waals surface area contributed by atoms with Crippen LogP contribution in [-0.4, -0.2) is 69.8 Å². The van der Waals surface area contributed by atoms with Crippen molar-refractivity contribution in [3.63, 3.8) is 0 Å². The summed E-state index contributed by atoms with van der Waals surface area (Å²) in [4.78, 5) is 4.67. The summed E-state index contributed by atoms with van der Waals surface area (Å²) in [5.41, 5.74) is 0.970. The highest BCUT2D eigenvalue weighted by atomic mass is 32.2. The third kappa shape index (κ3) is 5.87. The summed E-state index contributed by atoms with van der Waals surface area (Å²) < 4.78 is 70.9. The molecule has 0 unspecified atom stereocenters. The van der Waals surface area contributed by atoms with Gasteiger partial charge in [0.25, 0.3) is 0 Å². The van der Waals surface area contributed by atoms with Gasteiger partial charge in [-0.3, -0.25) is 0 Å². The van der Waals surface area contributed by atoms with Gasteiger partial charge >= 0.3 is 0 Å². The summed E-state index contributed by atoms with van der Waals surface area (Å²) in [5.74, 6) is 0.265. The minimum Gasteiger partial charge on any atom is -0.492 e. The Bertz CT molecular complexity index is 1510. The Hall–Kier alpha value is -2.25.